The zero-order chi connectivity index (χ0) is 6.95. The van der Waals surface area contributed by atoms with Crippen LogP contribution in [0.25, 0.3) is 0 Å². The Morgan fingerprint density at radius 3 is 2.78 bits per heavy atom. The fraction of sp³-hybridized carbons (Fsp3) is 0.833. The number of aliphatic hydroxyl groups is 1. The zero-order valence-corrected chi connectivity index (χ0v) is 10.3. The number of aliphatic hydroxyl groups excluding tert-OH is 1. The summed E-state index contributed by atoms with van der Waals surface area (Å²) < 4.78 is 3.25. The Morgan fingerprint density at radius 1 is 1.44 bits per heavy atom. The summed E-state index contributed by atoms with van der Waals surface area (Å²) in [5, 5.41) is 8.39. The third-order valence-corrected chi connectivity index (χ3v) is 2.22. The second-order valence-electron chi connectivity index (χ2n) is 2.05. The van der Waals surface area contributed by atoms with Crippen LogP contribution in [0.4, 0.5) is 0 Å². The van der Waals surface area contributed by atoms with Gasteiger partial charge in [-0.05, 0) is 0 Å². The maximum atomic E-state index is 8.39. The fourth-order valence-electron chi connectivity index (χ4n) is 0.659. The maximum absolute atomic E-state index is 8.39. The van der Waals surface area contributed by atoms with E-state index in [1.54, 1.807) is 0 Å². The van der Waals surface area contributed by atoms with Crippen LogP contribution in [0.2, 0.25) is 0 Å². The predicted molar refractivity (Wildman–Crippen MR) is 43.2 cm³/mol. The van der Waals surface area contributed by atoms with E-state index in [1.165, 1.54) is 6.42 Å². The average Bonchev–Trinajstić information content (AvgIpc) is 1.89. The zero-order valence-electron chi connectivity index (χ0n) is 6.06. The molecule has 2 nitrogen and oxygen atoms in total. The van der Waals surface area contributed by atoms with Gasteiger partial charge in [-0.3, -0.25) is 0 Å². The van der Waals surface area contributed by atoms with Crippen LogP contribution < -0.4 is 4.27 Å². The van der Waals surface area contributed by atoms with Gasteiger partial charge in [-0.1, -0.05) is 0 Å². The molecule has 3 heteroatoms. The summed E-state index contributed by atoms with van der Waals surface area (Å²) in [5.74, 6) is 0. The molecule has 0 heterocycles. The molecule has 0 saturated carbocycles. The van der Waals surface area contributed by atoms with Gasteiger partial charge < -0.3 is 0 Å². The molecule has 0 fully saturated rings. The van der Waals surface area contributed by atoms with Crippen LogP contribution in [0.5, 0.6) is 0 Å². The molecule has 0 atom stereocenters. The number of unbranched alkanes of at least 4 members (excludes halogenated alkanes) is 3. The summed E-state index contributed by atoms with van der Waals surface area (Å²) in [6, 6.07) is 0. The van der Waals surface area contributed by atoms with Gasteiger partial charge in [0, 0.05) is 0 Å². The molecule has 0 aliphatic carbocycles. The van der Waals surface area contributed by atoms with E-state index in [9.17, 15) is 0 Å². The second-order valence-corrected chi connectivity index (χ2v) is 3.53. The van der Waals surface area contributed by atoms with Crippen molar-refractivity contribution >= 4 is 16.7 Å². The standard InChI is InChI=1S/C6H16GeNO/c7-8-5-3-1-2-4-6-9/h2,8-9H,1,3-6H2,7H3. The molecule has 0 rings (SSSR count). The molecule has 0 aromatic carbocycles. The monoisotopic (exact) mass is 192 g/mol. The van der Waals surface area contributed by atoms with Crippen molar-refractivity contribution in [3.8, 4) is 0 Å². The van der Waals surface area contributed by atoms with E-state index in [1.807, 2.05) is 0 Å². The van der Waals surface area contributed by atoms with Gasteiger partial charge in [0.05, 0.1) is 0 Å². The molecule has 0 aromatic rings. The van der Waals surface area contributed by atoms with Gasteiger partial charge in [0.15, 0.2) is 0 Å². The van der Waals surface area contributed by atoms with E-state index < -0.39 is 0 Å². The van der Waals surface area contributed by atoms with E-state index in [4.69, 9.17) is 5.11 Å². The Morgan fingerprint density at radius 2 is 2.22 bits per heavy atom. The molecule has 55 valence electrons. The summed E-state index contributed by atoms with van der Waals surface area (Å²) in [4.78, 5) is 0. The number of nitrogens with one attached hydrogen (secondary N) is 1. The van der Waals surface area contributed by atoms with Crippen molar-refractivity contribution in [2.75, 3.05) is 13.2 Å². The Bertz CT molecular complexity index is 46.3. The first-order chi connectivity index (χ1) is 4.41. The Labute approximate surface area is 65.5 Å². The SMILES string of the molecule is OCC[CH]CCC[NH][GeH3]. The molecule has 0 amide bonds. The molecular weight excluding hydrogens is 175 g/mol. The summed E-state index contributed by atoms with van der Waals surface area (Å²) in [6.45, 7) is 1.46. The van der Waals surface area contributed by atoms with Gasteiger partial charge in [0.25, 0.3) is 0 Å². The Kier molecular flexibility index (Phi) is 8.90. The van der Waals surface area contributed by atoms with Gasteiger partial charge in [-0.2, -0.15) is 0 Å². The minimum absolute atomic E-state index is 0.303. The molecule has 2 N–H and O–H groups in total. The molecule has 1 radical (unpaired) electrons. The third-order valence-electron chi connectivity index (χ3n) is 1.17. The van der Waals surface area contributed by atoms with Gasteiger partial charge in [-0.25, -0.2) is 0 Å². The van der Waals surface area contributed by atoms with Crippen LogP contribution >= 0.6 is 0 Å². The van der Waals surface area contributed by atoms with E-state index in [0.29, 0.717) is 6.61 Å². The quantitative estimate of drug-likeness (QED) is 0.426. The minimum atomic E-state index is 0.303. The van der Waals surface area contributed by atoms with Gasteiger partial charge in [-0.15, -0.1) is 0 Å². The summed E-state index contributed by atoms with van der Waals surface area (Å²) in [7, 11) is 0. The molecule has 9 heavy (non-hydrogen) atoms. The molecule has 0 aliphatic heterocycles. The first-order valence-corrected chi connectivity index (χ1v) is 5.58. The van der Waals surface area contributed by atoms with Crippen LogP contribution in [0.3, 0.4) is 0 Å². The number of hydrogen-bond donors (Lipinski definition) is 2. The molecule has 0 aliphatic rings. The molecule has 0 saturated heterocycles. The number of hydrogen-bond acceptors (Lipinski definition) is 2. The summed E-state index contributed by atoms with van der Waals surface area (Å²) in [6.07, 6.45) is 5.36. The summed E-state index contributed by atoms with van der Waals surface area (Å²) >= 11 is 0.796. The normalized spacial score (nSPS) is 10.3. The summed E-state index contributed by atoms with van der Waals surface area (Å²) in [5.41, 5.74) is 0. The van der Waals surface area contributed by atoms with Gasteiger partial charge in [0.2, 0.25) is 0 Å². The third kappa shape index (κ3) is 8.46. The van der Waals surface area contributed by atoms with Gasteiger partial charge in [0.1, 0.15) is 0 Å². The van der Waals surface area contributed by atoms with Crippen molar-refractivity contribution in [2.45, 2.75) is 19.3 Å². The van der Waals surface area contributed by atoms with E-state index in [0.717, 1.165) is 36.1 Å². The Balaban J connectivity index is 2.60. The molecular formula is C6H16GeNO. The van der Waals surface area contributed by atoms with Crippen molar-refractivity contribution in [3.63, 3.8) is 0 Å². The van der Waals surface area contributed by atoms with Crippen LogP contribution in [-0.4, -0.2) is 35.0 Å². The van der Waals surface area contributed by atoms with Crippen LogP contribution in [-0.2, 0) is 0 Å². The molecule has 0 bridgehead atoms. The second kappa shape index (κ2) is 8.46. The molecule has 0 aromatic heterocycles. The molecule has 0 unspecified atom stereocenters. The van der Waals surface area contributed by atoms with Crippen LogP contribution in [0.1, 0.15) is 19.3 Å². The average molecular weight is 191 g/mol. The topological polar surface area (TPSA) is 32.3 Å². The Hall–Kier alpha value is 0.463. The van der Waals surface area contributed by atoms with Crippen molar-refractivity contribution in [1.82, 2.24) is 4.27 Å². The van der Waals surface area contributed by atoms with Crippen molar-refractivity contribution in [3.05, 3.63) is 6.42 Å². The van der Waals surface area contributed by atoms with Crippen molar-refractivity contribution in [1.29, 1.82) is 0 Å². The van der Waals surface area contributed by atoms with E-state index in [-0.39, 0.29) is 0 Å². The number of rotatable bonds is 6. The van der Waals surface area contributed by atoms with E-state index >= 15 is 0 Å². The first-order valence-electron chi connectivity index (χ1n) is 3.49. The van der Waals surface area contributed by atoms with Gasteiger partial charge >= 0.3 is 65.0 Å². The van der Waals surface area contributed by atoms with E-state index in [2.05, 4.69) is 10.7 Å². The van der Waals surface area contributed by atoms with Crippen molar-refractivity contribution < 1.29 is 5.11 Å². The fourth-order valence-corrected chi connectivity index (χ4v) is 1.40. The van der Waals surface area contributed by atoms with Crippen LogP contribution in [0, 0.1) is 6.42 Å². The predicted octanol–water partition coefficient (Wildman–Crippen LogP) is -0.777. The van der Waals surface area contributed by atoms with Crippen molar-refractivity contribution in [2.24, 2.45) is 0 Å². The van der Waals surface area contributed by atoms with Crippen LogP contribution in [0.15, 0.2) is 0 Å². The first kappa shape index (κ1) is 9.46. The molecule has 0 spiro atoms.